The largest absolute Gasteiger partial charge is 0.374 e. The fraction of sp³-hybridized carbons (Fsp3) is 0.600. The zero-order valence-electron chi connectivity index (χ0n) is 17.2. The van der Waals surface area contributed by atoms with Crippen LogP contribution in [0.25, 0.3) is 0 Å². The van der Waals surface area contributed by atoms with Crippen molar-refractivity contribution < 1.29 is 23.8 Å². The number of anilines is 2. The molecule has 8 nitrogen and oxygen atoms in total. The minimum absolute atomic E-state index is 0.0237. The van der Waals surface area contributed by atoms with Crippen molar-refractivity contribution in [2.45, 2.75) is 40.4 Å². The molecule has 1 rings (SSSR count). The van der Waals surface area contributed by atoms with Crippen molar-refractivity contribution in [3.05, 3.63) is 24.3 Å². The van der Waals surface area contributed by atoms with Gasteiger partial charge in [-0.25, -0.2) is 4.79 Å². The number of hydrogen-bond acceptors (Lipinski definition) is 5. The molecule has 0 spiro atoms. The van der Waals surface area contributed by atoms with Gasteiger partial charge in [0.2, 0.25) is 5.91 Å². The Hall–Kier alpha value is -2.16. The van der Waals surface area contributed by atoms with Crippen molar-refractivity contribution >= 4 is 23.3 Å². The predicted octanol–water partition coefficient (Wildman–Crippen LogP) is 3.21. The molecule has 0 aliphatic carbocycles. The van der Waals surface area contributed by atoms with Gasteiger partial charge in [-0.15, -0.1) is 0 Å². The average molecular weight is 396 g/mol. The van der Waals surface area contributed by atoms with E-state index in [2.05, 4.69) is 16.0 Å². The Balaban J connectivity index is 2.25. The van der Waals surface area contributed by atoms with E-state index in [1.165, 1.54) is 0 Å². The number of ether oxygens (including phenoxy) is 3. The van der Waals surface area contributed by atoms with E-state index >= 15 is 0 Å². The first-order valence-electron chi connectivity index (χ1n) is 9.70. The molecule has 0 saturated heterocycles. The minimum atomic E-state index is -0.386. The number of carbonyl (C=O) groups is 2. The smallest absolute Gasteiger partial charge is 0.319 e. The second-order valence-corrected chi connectivity index (χ2v) is 6.52. The number of nitrogens with one attached hydrogen (secondary N) is 3. The van der Waals surface area contributed by atoms with Crippen LogP contribution in [0.1, 0.15) is 34.1 Å². The lowest BCUT2D eigenvalue weighted by molar-refractivity contribution is -0.166. The van der Waals surface area contributed by atoms with E-state index in [-0.39, 0.29) is 18.2 Å². The number of amides is 3. The third-order valence-electron chi connectivity index (χ3n) is 3.51. The lowest BCUT2D eigenvalue weighted by Gasteiger charge is -2.17. The summed E-state index contributed by atoms with van der Waals surface area (Å²) in [5.74, 6) is 0.280. The highest BCUT2D eigenvalue weighted by Crippen LogP contribution is 2.14. The highest BCUT2D eigenvalue weighted by molar-refractivity contribution is 5.92. The zero-order chi connectivity index (χ0) is 20.8. The van der Waals surface area contributed by atoms with Gasteiger partial charge >= 0.3 is 6.03 Å². The molecule has 1 aromatic carbocycles. The van der Waals surface area contributed by atoms with E-state index in [4.69, 9.17) is 14.2 Å². The Kier molecular flexibility index (Phi) is 11.9. The molecule has 158 valence electrons. The van der Waals surface area contributed by atoms with Crippen molar-refractivity contribution in [3.63, 3.8) is 0 Å². The van der Waals surface area contributed by atoms with Crippen molar-refractivity contribution in [2.75, 3.05) is 43.6 Å². The van der Waals surface area contributed by atoms with Crippen LogP contribution in [0.5, 0.6) is 0 Å². The molecule has 0 atom stereocenters. The Morgan fingerprint density at radius 1 is 0.964 bits per heavy atom. The summed E-state index contributed by atoms with van der Waals surface area (Å²) in [6, 6.07) is 6.63. The molecule has 3 N–H and O–H groups in total. The molecular weight excluding hydrogens is 362 g/mol. The summed E-state index contributed by atoms with van der Waals surface area (Å²) in [6.07, 6.45) is 0.0868. The van der Waals surface area contributed by atoms with Crippen molar-refractivity contribution in [1.82, 2.24) is 5.32 Å². The first kappa shape index (κ1) is 23.9. The molecule has 3 amide bonds. The molecule has 0 heterocycles. The summed E-state index contributed by atoms with van der Waals surface area (Å²) in [6.45, 7) is 9.90. The van der Waals surface area contributed by atoms with E-state index in [0.29, 0.717) is 56.7 Å². The number of hydrogen-bond donors (Lipinski definition) is 3. The van der Waals surface area contributed by atoms with Crippen LogP contribution in [0.4, 0.5) is 16.2 Å². The normalized spacial score (nSPS) is 10.9. The van der Waals surface area contributed by atoms with Crippen molar-refractivity contribution in [1.29, 1.82) is 0 Å². The lowest BCUT2D eigenvalue weighted by Crippen LogP contribution is -2.32. The second kappa shape index (κ2) is 13.9. The Morgan fingerprint density at radius 3 is 2.07 bits per heavy atom. The van der Waals surface area contributed by atoms with E-state index in [9.17, 15) is 9.59 Å². The zero-order valence-corrected chi connectivity index (χ0v) is 17.2. The Labute approximate surface area is 167 Å². The lowest BCUT2D eigenvalue weighted by atomic mass is 10.1. The van der Waals surface area contributed by atoms with E-state index in [1.807, 2.05) is 27.7 Å². The van der Waals surface area contributed by atoms with Crippen LogP contribution in [-0.2, 0) is 19.0 Å². The summed E-state index contributed by atoms with van der Waals surface area (Å²) in [7, 11) is 0. The molecule has 0 saturated carbocycles. The third kappa shape index (κ3) is 10.9. The van der Waals surface area contributed by atoms with Crippen LogP contribution in [0.3, 0.4) is 0 Å². The van der Waals surface area contributed by atoms with Crippen LogP contribution in [0, 0.1) is 5.92 Å². The maximum Gasteiger partial charge on any atom is 0.319 e. The Bertz CT molecular complexity index is 572. The summed E-state index contributed by atoms with van der Waals surface area (Å²) < 4.78 is 16.2. The topological polar surface area (TPSA) is 97.9 Å². The Morgan fingerprint density at radius 2 is 1.54 bits per heavy atom. The monoisotopic (exact) mass is 395 g/mol. The number of rotatable bonds is 13. The molecule has 0 bridgehead atoms. The molecule has 8 heteroatoms. The minimum Gasteiger partial charge on any atom is -0.374 e. The van der Waals surface area contributed by atoms with Gasteiger partial charge in [0.05, 0.1) is 13.2 Å². The number of carbonyl (C=O) groups excluding carboxylic acids is 2. The van der Waals surface area contributed by atoms with E-state index in [1.54, 1.807) is 24.3 Å². The molecule has 1 aromatic rings. The van der Waals surface area contributed by atoms with Crippen molar-refractivity contribution in [2.24, 2.45) is 5.92 Å². The van der Waals surface area contributed by atoms with Crippen LogP contribution in [-0.4, -0.2) is 51.2 Å². The SMILES string of the molecule is CCOC(COCCNC(=O)Nc1ccc(NC(=O)CC(C)C)cc1)OCC. The number of benzene rings is 1. The number of urea groups is 1. The molecular formula is C20H33N3O5. The van der Waals surface area contributed by atoms with Gasteiger partial charge in [-0.1, -0.05) is 13.8 Å². The second-order valence-electron chi connectivity index (χ2n) is 6.52. The highest BCUT2D eigenvalue weighted by atomic mass is 16.7. The highest BCUT2D eigenvalue weighted by Gasteiger charge is 2.08. The van der Waals surface area contributed by atoms with Gasteiger partial charge in [-0.3, -0.25) is 4.79 Å². The van der Waals surface area contributed by atoms with E-state index in [0.717, 1.165) is 0 Å². The molecule has 0 fully saturated rings. The quantitative estimate of drug-likeness (QED) is 0.352. The average Bonchev–Trinajstić information content (AvgIpc) is 2.62. The fourth-order valence-electron chi connectivity index (χ4n) is 2.33. The maximum atomic E-state index is 11.9. The van der Waals surface area contributed by atoms with Gasteiger partial charge in [-0.2, -0.15) is 0 Å². The molecule has 0 radical (unpaired) electrons. The van der Waals surface area contributed by atoms with Crippen LogP contribution in [0.2, 0.25) is 0 Å². The molecule has 0 aromatic heterocycles. The van der Waals surface area contributed by atoms with Crippen LogP contribution in [0.15, 0.2) is 24.3 Å². The maximum absolute atomic E-state index is 11.9. The van der Waals surface area contributed by atoms with Crippen molar-refractivity contribution in [3.8, 4) is 0 Å². The summed E-state index contributed by atoms with van der Waals surface area (Å²) in [5, 5.41) is 8.26. The van der Waals surface area contributed by atoms with E-state index < -0.39 is 0 Å². The van der Waals surface area contributed by atoms with Gasteiger partial charge in [-0.05, 0) is 44.0 Å². The van der Waals surface area contributed by atoms with Gasteiger partial charge in [0, 0.05) is 37.6 Å². The van der Waals surface area contributed by atoms with Gasteiger partial charge in [0.25, 0.3) is 0 Å². The molecule has 0 unspecified atom stereocenters. The summed E-state index contributed by atoms with van der Waals surface area (Å²) >= 11 is 0. The first-order valence-corrected chi connectivity index (χ1v) is 9.70. The molecule has 28 heavy (non-hydrogen) atoms. The fourth-order valence-corrected chi connectivity index (χ4v) is 2.33. The first-order chi connectivity index (χ1) is 13.4. The van der Waals surface area contributed by atoms with Gasteiger partial charge in [0.15, 0.2) is 6.29 Å². The third-order valence-corrected chi connectivity index (χ3v) is 3.51. The standard InChI is InChI=1S/C20H33N3O5/c1-5-27-19(28-6-2)14-26-12-11-21-20(25)23-17-9-7-16(8-10-17)22-18(24)13-15(3)4/h7-10,15,19H,5-6,11-14H2,1-4H3,(H,22,24)(H2,21,23,25). The van der Waals surface area contributed by atoms with Crippen LogP contribution >= 0.6 is 0 Å². The summed E-state index contributed by atoms with van der Waals surface area (Å²) in [5.41, 5.74) is 1.33. The predicted molar refractivity (Wildman–Crippen MR) is 109 cm³/mol. The van der Waals surface area contributed by atoms with Gasteiger partial charge in [0.1, 0.15) is 0 Å². The van der Waals surface area contributed by atoms with Gasteiger partial charge < -0.3 is 30.2 Å². The molecule has 0 aliphatic rings. The van der Waals surface area contributed by atoms with Crippen LogP contribution < -0.4 is 16.0 Å². The molecule has 0 aliphatic heterocycles. The summed E-state index contributed by atoms with van der Waals surface area (Å²) in [4.78, 5) is 23.7.